The van der Waals surface area contributed by atoms with Gasteiger partial charge in [0, 0.05) is 37.3 Å². The molecule has 1 aromatic heterocycles. The van der Waals surface area contributed by atoms with Crippen molar-refractivity contribution in [1.82, 2.24) is 9.78 Å². The lowest BCUT2D eigenvalue weighted by atomic mass is 9.97. The van der Waals surface area contributed by atoms with E-state index >= 15 is 0 Å². The maximum atomic E-state index is 11.6. The van der Waals surface area contributed by atoms with Gasteiger partial charge in [-0.05, 0) is 37.0 Å². The molecule has 0 spiro atoms. The molecule has 0 fully saturated rings. The van der Waals surface area contributed by atoms with E-state index in [0.29, 0.717) is 0 Å². The van der Waals surface area contributed by atoms with Crippen LogP contribution in [0.1, 0.15) is 39.0 Å². The van der Waals surface area contributed by atoms with Gasteiger partial charge in [0.2, 0.25) is 5.91 Å². The average molecular weight is 287 g/mol. The zero-order valence-electron chi connectivity index (χ0n) is 14.1. The van der Waals surface area contributed by atoms with E-state index in [2.05, 4.69) is 44.5 Å². The summed E-state index contributed by atoms with van der Waals surface area (Å²) < 4.78 is 2.07. The van der Waals surface area contributed by atoms with Gasteiger partial charge in [0.15, 0.2) is 0 Å². The monoisotopic (exact) mass is 287 g/mol. The first kappa shape index (κ1) is 15.5. The summed E-state index contributed by atoms with van der Waals surface area (Å²) in [5, 5.41) is 5.84. The van der Waals surface area contributed by atoms with Crippen molar-refractivity contribution in [3.8, 4) is 0 Å². The molecule has 0 N–H and O–H groups in total. The van der Waals surface area contributed by atoms with Crippen molar-refractivity contribution in [1.29, 1.82) is 0 Å². The Morgan fingerprint density at radius 1 is 1.29 bits per heavy atom. The fraction of sp³-hybridized carbons (Fsp3) is 0.529. The molecule has 0 saturated heterocycles. The van der Waals surface area contributed by atoms with Crippen molar-refractivity contribution in [2.75, 3.05) is 11.9 Å². The van der Waals surface area contributed by atoms with Gasteiger partial charge < -0.3 is 4.90 Å². The minimum absolute atomic E-state index is 0.0391. The number of nitrogens with zero attached hydrogens (tertiary/aromatic N) is 3. The Bertz CT molecular complexity index is 692. The zero-order chi connectivity index (χ0) is 15.9. The molecule has 1 aromatic carbocycles. The van der Waals surface area contributed by atoms with E-state index in [1.54, 1.807) is 11.8 Å². The quantitative estimate of drug-likeness (QED) is 0.845. The van der Waals surface area contributed by atoms with Crippen LogP contribution in [-0.2, 0) is 11.3 Å². The van der Waals surface area contributed by atoms with Crippen molar-refractivity contribution in [2.24, 2.45) is 5.41 Å². The fourth-order valence-electron chi connectivity index (χ4n) is 2.53. The molecule has 2 rings (SSSR count). The number of hydrogen-bond donors (Lipinski definition) is 0. The number of hydrogen-bond acceptors (Lipinski definition) is 2. The van der Waals surface area contributed by atoms with E-state index in [9.17, 15) is 4.79 Å². The second-order valence-electron chi connectivity index (χ2n) is 7.04. The van der Waals surface area contributed by atoms with Crippen LogP contribution in [0.5, 0.6) is 0 Å². The summed E-state index contributed by atoms with van der Waals surface area (Å²) in [4.78, 5) is 13.3. The first-order valence-corrected chi connectivity index (χ1v) is 7.32. The number of carbonyl (C=O) groups is 1. The van der Waals surface area contributed by atoms with Crippen molar-refractivity contribution < 1.29 is 4.79 Å². The van der Waals surface area contributed by atoms with E-state index in [0.717, 1.165) is 34.4 Å². The summed E-state index contributed by atoms with van der Waals surface area (Å²) in [7, 11) is 1.81. The first-order valence-electron chi connectivity index (χ1n) is 7.32. The summed E-state index contributed by atoms with van der Waals surface area (Å²) in [6.07, 6.45) is 0. The molecular weight excluding hydrogens is 262 g/mol. The number of carbonyl (C=O) groups excluding carboxylic acids is 1. The lowest BCUT2D eigenvalue weighted by Gasteiger charge is -2.19. The highest BCUT2D eigenvalue weighted by atomic mass is 16.2. The van der Waals surface area contributed by atoms with Gasteiger partial charge in [-0.25, -0.2) is 0 Å². The van der Waals surface area contributed by atoms with E-state index in [1.165, 1.54) is 0 Å². The largest absolute Gasteiger partial charge is 0.315 e. The molecule has 114 valence electrons. The van der Waals surface area contributed by atoms with Crippen LogP contribution in [-0.4, -0.2) is 22.7 Å². The Hall–Kier alpha value is -1.84. The molecule has 0 atom stereocenters. The van der Waals surface area contributed by atoms with Gasteiger partial charge in [-0.1, -0.05) is 20.8 Å². The molecule has 0 aliphatic heterocycles. The maximum Gasteiger partial charge on any atom is 0.223 e. The van der Waals surface area contributed by atoms with Gasteiger partial charge >= 0.3 is 0 Å². The Labute approximate surface area is 126 Å². The predicted octanol–water partition coefficient (Wildman–Crippen LogP) is 3.68. The lowest BCUT2D eigenvalue weighted by Crippen LogP contribution is -2.23. The van der Waals surface area contributed by atoms with Crippen LogP contribution in [0.25, 0.3) is 10.9 Å². The smallest absolute Gasteiger partial charge is 0.223 e. The van der Waals surface area contributed by atoms with E-state index in [1.807, 2.05) is 14.0 Å². The van der Waals surface area contributed by atoms with Gasteiger partial charge in [-0.3, -0.25) is 9.48 Å². The summed E-state index contributed by atoms with van der Waals surface area (Å²) in [6.45, 7) is 13.2. The first-order chi connectivity index (χ1) is 9.60. The molecule has 2 aromatic rings. The molecule has 4 nitrogen and oxygen atoms in total. The predicted molar refractivity (Wildman–Crippen MR) is 87.7 cm³/mol. The van der Waals surface area contributed by atoms with Gasteiger partial charge in [0.05, 0.1) is 5.52 Å². The highest BCUT2D eigenvalue weighted by Gasteiger charge is 2.17. The average Bonchev–Trinajstić information content (AvgIpc) is 2.61. The molecule has 0 bridgehead atoms. The summed E-state index contributed by atoms with van der Waals surface area (Å²) >= 11 is 0. The molecule has 0 unspecified atom stereocenters. The van der Waals surface area contributed by atoms with Gasteiger partial charge in [-0.15, -0.1) is 0 Å². The van der Waals surface area contributed by atoms with Crippen LogP contribution in [0, 0.1) is 19.3 Å². The van der Waals surface area contributed by atoms with Crippen LogP contribution in [0.2, 0.25) is 0 Å². The highest BCUT2D eigenvalue weighted by molar-refractivity contribution is 5.95. The summed E-state index contributed by atoms with van der Waals surface area (Å²) in [5.41, 5.74) is 4.35. The van der Waals surface area contributed by atoms with E-state index in [4.69, 9.17) is 5.10 Å². The molecule has 0 aliphatic rings. The molecule has 0 radical (unpaired) electrons. The van der Waals surface area contributed by atoms with Crippen LogP contribution in [0.4, 0.5) is 5.69 Å². The number of rotatable bonds is 2. The van der Waals surface area contributed by atoms with Crippen LogP contribution < -0.4 is 4.90 Å². The number of amides is 1. The molecule has 0 saturated carbocycles. The van der Waals surface area contributed by atoms with Gasteiger partial charge in [0.1, 0.15) is 0 Å². The second-order valence-corrected chi connectivity index (χ2v) is 7.04. The second kappa shape index (κ2) is 5.17. The lowest BCUT2D eigenvalue weighted by molar-refractivity contribution is -0.116. The van der Waals surface area contributed by atoms with Crippen LogP contribution in [0.3, 0.4) is 0 Å². The molecule has 1 heterocycles. The molecule has 0 aliphatic carbocycles. The molecule has 1 amide bonds. The third kappa shape index (κ3) is 3.09. The molecule has 4 heteroatoms. The van der Waals surface area contributed by atoms with Crippen molar-refractivity contribution >= 4 is 22.5 Å². The fourth-order valence-corrected chi connectivity index (χ4v) is 2.53. The summed E-state index contributed by atoms with van der Waals surface area (Å²) in [6, 6.07) is 4.14. The number of benzene rings is 1. The van der Waals surface area contributed by atoms with Gasteiger partial charge in [0.25, 0.3) is 0 Å². The number of aromatic nitrogens is 2. The van der Waals surface area contributed by atoms with Crippen molar-refractivity contribution in [3.05, 3.63) is 23.4 Å². The number of fused-ring (bicyclic) bond motifs is 1. The minimum Gasteiger partial charge on any atom is -0.315 e. The topological polar surface area (TPSA) is 38.1 Å². The Morgan fingerprint density at radius 2 is 1.90 bits per heavy atom. The molecular formula is C17H25N3O. The minimum atomic E-state index is 0.0391. The van der Waals surface area contributed by atoms with Crippen molar-refractivity contribution in [2.45, 2.75) is 48.1 Å². The van der Waals surface area contributed by atoms with Crippen LogP contribution >= 0.6 is 0 Å². The van der Waals surface area contributed by atoms with Crippen LogP contribution in [0.15, 0.2) is 12.1 Å². The highest BCUT2D eigenvalue weighted by Crippen LogP contribution is 2.29. The third-order valence-corrected chi connectivity index (χ3v) is 3.78. The summed E-state index contributed by atoms with van der Waals surface area (Å²) in [5.74, 6) is 0.0391. The normalized spacial score (nSPS) is 12.0. The Kier molecular flexibility index (Phi) is 3.83. The molecule has 21 heavy (non-hydrogen) atoms. The van der Waals surface area contributed by atoms with Gasteiger partial charge in [-0.2, -0.15) is 5.10 Å². The number of aryl methyl sites for hydroxylation is 2. The maximum absolute atomic E-state index is 11.6. The Balaban J connectivity index is 2.57. The van der Waals surface area contributed by atoms with Crippen molar-refractivity contribution in [3.63, 3.8) is 0 Å². The van der Waals surface area contributed by atoms with E-state index in [-0.39, 0.29) is 11.3 Å². The van der Waals surface area contributed by atoms with E-state index < -0.39 is 0 Å². The SMILES string of the molecule is CC(=O)N(C)c1cc2c(C)n(CC(C)(C)C)nc2cc1C. The zero-order valence-corrected chi connectivity index (χ0v) is 14.1. The third-order valence-electron chi connectivity index (χ3n) is 3.78. The standard InChI is InChI=1S/C17H25N3O/c1-11-8-15-14(9-16(11)19(7)13(3)21)12(2)20(18-15)10-17(4,5)6/h8-9H,10H2,1-7H3. The Morgan fingerprint density at radius 3 is 2.43 bits per heavy atom. The number of anilines is 1.